The van der Waals surface area contributed by atoms with Gasteiger partial charge in [-0.1, -0.05) is 12.1 Å². The lowest BCUT2D eigenvalue weighted by molar-refractivity contribution is 0.0746. The molecule has 3 rings (SSSR count). The summed E-state index contributed by atoms with van der Waals surface area (Å²) in [5.74, 6) is -0.324. The van der Waals surface area contributed by atoms with E-state index in [0.717, 1.165) is 5.69 Å². The van der Waals surface area contributed by atoms with Crippen LogP contribution in [-0.4, -0.2) is 37.0 Å². The van der Waals surface area contributed by atoms with Crippen molar-refractivity contribution in [2.75, 3.05) is 31.1 Å². The first-order chi connectivity index (χ1) is 11.2. The van der Waals surface area contributed by atoms with Crippen LogP contribution in [0.1, 0.15) is 15.9 Å². The number of nitriles is 1. The topological polar surface area (TPSA) is 47.3 Å². The second-order valence-corrected chi connectivity index (χ2v) is 5.45. The Morgan fingerprint density at radius 3 is 2.48 bits per heavy atom. The number of carbonyl (C=O) groups is 1. The molecule has 0 aliphatic carbocycles. The Hall–Kier alpha value is -2.87. The third-order valence-corrected chi connectivity index (χ3v) is 3.98. The Morgan fingerprint density at radius 1 is 1.04 bits per heavy atom. The van der Waals surface area contributed by atoms with E-state index in [4.69, 9.17) is 5.26 Å². The molecular weight excluding hydrogens is 293 g/mol. The molecule has 0 spiro atoms. The summed E-state index contributed by atoms with van der Waals surface area (Å²) < 4.78 is 13.3. The number of benzene rings is 2. The number of anilines is 1. The molecule has 1 fully saturated rings. The van der Waals surface area contributed by atoms with Gasteiger partial charge in [-0.3, -0.25) is 4.79 Å². The second-order valence-electron chi connectivity index (χ2n) is 5.45. The van der Waals surface area contributed by atoms with E-state index in [1.54, 1.807) is 35.2 Å². The average molecular weight is 309 g/mol. The Kier molecular flexibility index (Phi) is 4.24. The van der Waals surface area contributed by atoms with Gasteiger partial charge in [0, 0.05) is 37.4 Å². The summed E-state index contributed by atoms with van der Waals surface area (Å²) >= 11 is 0. The molecule has 0 N–H and O–H groups in total. The lowest BCUT2D eigenvalue weighted by Gasteiger charge is -2.36. The van der Waals surface area contributed by atoms with Crippen LogP contribution in [0.4, 0.5) is 10.1 Å². The van der Waals surface area contributed by atoms with Crippen molar-refractivity contribution in [3.8, 4) is 6.07 Å². The fourth-order valence-corrected chi connectivity index (χ4v) is 2.74. The predicted molar refractivity (Wildman–Crippen MR) is 85.7 cm³/mol. The molecule has 1 aliphatic rings. The van der Waals surface area contributed by atoms with Crippen molar-refractivity contribution in [2.45, 2.75) is 0 Å². The maximum atomic E-state index is 13.3. The predicted octanol–water partition coefficient (Wildman–Crippen LogP) is 2.66. The molecule has 0 atom stereocenters. The molecule has 4 nitrogen and oxygen atoms in total. The van der Waals surface area contributed by atoms with E-state index in [-0.39, 0.29) is 11.7 Å². The number of amides is 1. The van der Waals surface area contributed by atoms with Gasteiger partial charge in [-0.15, -0.1) is 0 Å². The number of piperazine rings is 1. The molecule has 1 heterocycles. The average Bonchev–Trinajstić information content (AvgIpc) is 2.61. The quantitative estimate of drug-likeness (QED) is 0.857. The molecule has 0 radical (unpaired) electrons. The minimum Gasteiger partial charge on any atom is -0.368 e. The molecule has 0 aromatic heterocycles. The summed E-state index contributed by atoms with van der Waals surface area (Å²) in [6.45, 7) is 2.47. The zero-order chi connectivity index (χ0) is 16.2. The van der Waals surface area contributed by atoms with E-state index < -0.39 is 0 Å². The Balaban J connectivity index is 1.66. The van der Waals surface area contributed by atoms with Gasteiger partial charge in [-0.05, 0) is 36.4 Å². The smallest absolute Gasteiger partial charge is 0.254 e. The summed E-state index contributed by atoms with van der Waals surface area (Å²) in [5.41, 5.74) is 1.85. The zero-order valence-corrected chi connectivity index (χ0v) is 12.6. The lowest BCUT2D eigenvalue weighted by atomic mass is 10.1. The number of nitrogens with zero attached hydrogens (tertiary/aromatic N) is 3. The molecule has 1 amide bonds. The fourth-order valence-electron chi connectivity index (χ4n) is 2.74. The van der Waals surface area contributed by atoms with Gasteiger partial charge < -0.3 is 9.80 Å². The monoisotopic (exact) mass is 309 g/mol. The van der Waals surface area contributed by atoms with Crippen molar-refractivity contribution in [1.82, 2.24) is 4.90 Å². The highest BCUT2D eigenvalue weighted by molar-refractivity contribution is 5.94. The molecule has 2 aromatic carbocycles. The van der Waals surface area contributed by atoms with E-state index in [1.165, 1.54) is 12.1 Å². The minimum absolute atomic E-state index is 0.0685. The van der Waals surface area contributed by atoms with Crippen molar-refractivity contribution in [3.63, 3.8) is 0 Å². The first kappa shape index (κ1) is 15.0. The van der Waals surface area contributed by atoms with Gasteiger partial charge in [0.05, 0.1) is 11.6 Å². The van der Waals surface area contributed by atoms with Crippen molar-refractivity contribution >= 4 is 11.6 Å². The number of halogens is 1. The van der Waals surface area contributed by atoms with Crippen LogP contribution >= 0.6 is 0 Å². The normalized spacial score (nSPS) is 14.4. The van der Waals surface area contributed by atoms with Gasteiger partial charge in [0.25, 0.3) is 5.91 Å². The molecule has 0 unspecified atom stereocenters. The summed E-state index contributed by atoms with van der Waals surface area (Å²) in [5, 5.41) is 8.93. The molecule has 0 bridgehead atoms. The fraction of sp³-hybridized carbons (Fsp3) is 0.222. The third kappa shape index (κ3) is 3.32. The molecule has 23 heavy (non-hydrogen) atoms. The van der Waals surface area contributed by atoms with E-state index in [2.05, 4.69) is 4.90 Å². The van der Waals surface area contributed by atoms with E-state index in [0.29, 0.717) is 37.3 Å². The third-order valence-electron chi connectivity index (χ3n) is 3.98. The van der Waals surface area contributed by atoms with Crippen LogP contribution < -0.4 is 4.90 Å². The Labute approximate surface area is 134 Å². The highest BCUT2D eigenvalue weighted by Crippen LogP contribution is 2.18. The van der Waals surface area contributed by atoms with Crippen LogP contribution in [0.2, 0.25) is 0 Å². The number of hydrogen-bond acceptors (Lipinski definition) is 3. The summed E-state index contributed by atoms with van der Waals surface area (Å²) in [6, 6.07) is 15.3. The van der Waals surface area contributed by atoms with Gasteiger partial charge in [0.2, 0.25) is 0 Å². The maximum Gasteiger partial charge on any atom is 0.254 e. The highest BCUT2D eigenvalue weighted by atomic mass is 19.1. The largest absolute Gasteiger partial charge is 0.368 e. The first-order valence-corrected chi connectivity index (χ1v) is 7.47. The van der Waals surface area contributed by atoms with Crippen molar-refractivity contribution in [1.29, 1.82) is 5.26 Å². The van der Waals surface area contributed by atoms with Gasteiger partial charge in [0.1, 0.15) is 5.82 Å². The number of carbonyl (C=O) groups excluding carboxylic acids is 1. The van der Waals surface area contributed by atoms with E-state index in [1.807, 2.05) is 12.1 Å². The van der Waals surface area contributed by atoms with Gasteiger partial charge in [0.15, 0.2) is 0 Å². The zero-order valence-electron chi connectivity index (χ0n) is 12.6. The van der Waals surface area contributed by atoms with Crippen LogP contribution in [0.25, 0.3) is 0 Å². The lowest BCUT2D eigenvalue weighted by Crippen LogP contribution is -2.48. The summed E-state index contributed by atoms with van der Waals surface area (Å²) in [7, 11) is 0. The van der Waals surface area contributed by atoms with Gasteiger partial charge in [-0.25, -0.2) is 4.39 Å². The van der Waals surface area contributed by atoms with E-state index in [9.17, 15) is 9.18 Å². The molecule has 1 saturated heterocycles. The first-order valence-electron chi connectivity index (χ1n) is 7.47. The summed E-state index contributed by atoms with van der Waals surface area (Å²) in [4.78, 5) is 16.3. The standard InChI is InChI=1S/C18H16FN3O/c19-16-5-2-6-17(12-16)21-7-9-22(10-8-21)18(23)15-4-1-3-14(11-15)13-20/h1-6,11-12H,7-10H2. The van der Waals surface area contributed by atoms with Crippen LogP contribution in [0.3, 0.4) is 0 Å². The minimum atomic E-state index is -0.255. The number of hydrogen-bond donors (Lipinski definition) is 0. The van der Waals surface area contributed by atoms with Crippen molar-refractivity contribution in [2.24, 2.45) is 0 Å². The Bertz CT molecular complexity index is 761. The molecule has 2 aromatic rings. The van der Waals surface area contributed by atoms with Crippen LogP contribution in [0.5, 0.6) is 0 Å². The molecule has 0 saturated carbocycles. The molecule has 116 valence electrons. The van der Waals surface area contributed by atoms with E-state index >= 15 is 0 Å². The van der Waals surface area contributed by atoms with Crippen molar-refractivity contribution < 1.29 is 9.18 Å². The number of rotatable bonds is 2. The SMILES string of the molecule is N#Cc1cccc(C(=O)N2CCN(c3cccc(F)c3)CC2)c1. The van der Waals surface area contributed by atoms with Crippen LogP contribution in [-0.2, 0) is 0 Å². The van der Waals surface area contributed by atoms with Crippen LogP contribution in [0.15, 0.2) is 48.5 Å². The van der Waals surface area contributed by atoms with Crippen LogP contribution in [0, 0.1) is 17.1 Å². The molecule has 5 heteroatoms. The van der Waals surface area contributed by atoms with Gasteiger partial charge in [-0.2, -0.15) is 5.26 Å². The maximum absolute atomic E-state index is 13.3. The highest BCUT2D eigenvalue weighted by Gasteiger charge is 2.22. The Morgan fingerprint density at radius 2 is 1.78 bits per heavy atom. The second kappa shape index (κ2) is 6.49. The summed E-state index contributed by atoms with van der Waals surface area (Å²) in [6.07, 6.45) is 0. The van der Waals surface area contributed by atoms with Crippen molar-refractivity contribution in [3.05, 3.63) is 65.5 Å². The van der Waals surface area contributed by atoms with Gasteiger partial charge >= 0.3 is 0 Å². The molecule has 1 aliphatic heterocycles. The molecular formula is C18H16FN3O.